The van der Waals surface area contributed by atoms with Crippen LogP contribution in [0.25, 0.3) is 0 Å². The van der Waals surface area contributed by atoms with Crippen molar-refractivity contribution < 1.29 is 4.74 Å². The van der Waals surface area contributed by atoms with Gasteiger partial charge >= 0.3 is 0 Å². The normalized spacial score (nSPS) is 12.1. The van der Waals surface area contributed by atoms with E-state index >= 15 is 0 Å². The van der Waals surface area contributed by atoms with Crippen LogP contribution in [-0.2, 0) is 4.74 Å². The zero-order chi connectivity index (χ0) is 10.4. The minimum absolute atomic E-state index is 0.336. The molecule has 3 nitrogen and oxygen atoms in total. The van der Waals surface area contributed by atoms with Crippen LogP contribution in [0.15, 0.2) is 18.3 Å². The van der Waals surface area contributed by atoms with E-state index in [0.29, 0.717) is 23.2 Å². The lowest BCUT2D eigenvalue weighted by Crippen LogP contribution is -2.04. The van der Waals surface area contributed by atoms with E-state index < -0.39 is 6.10 Å². The van der Waals surface area contributed by atoms with Crippen LogP contribution >= 0.6 is 23.2 Å². The molecule has 0 radical (unpaired) electrons. The third-order valence-electron chi connectivity index (χ3n) is 1.53. The third kappa shape index (κ3) is 3.15. The molecule has 0 aliphatic rings. The highest BCUT2D eigenvalue weighted by Crippen LogP contribution is 2.16. The smallest absolute Gasteiger partial charge is 0.170 e. The topological polar surface area (TPSA) is 45.9 Å². The van der Waals surface area contributed by atoms with Gasteiger partial charge in [-0.15, -0.1) is 11.6 Å². The number of hydrogen-bond donors (Lipinski definition) is 0. The van der Waals surface area contributed by atoms with Crippen LogP contribution in [0.4, 0.5) is 0 Å². The predicted octanol–water partition coefficient (Wildman–Crippen LogP) is 2.56. The largest absolute Gasteiger partial charge is 0.357 e. The zero-order valence-corrected chi connectivity index (χ0v) is 8.79. The minimum Gasteiger partial charge on any atom is -0.357 e. The number of nitrogens with zero attached hydrogens (tertiary/aromatic N) is 2. The fourth-order valence-electron chi connectivity index (χ4n) is 0.913. The summed E-state index contributed by atoms with van der Waals surface area (Å²) < 4.78 is 5.19. The van der Waals surface area contributed by atoms with Crippen molar-refractivity contribution in [3.05, 3.63) is 29.0 Å². The standard InChI is InChI=1S/C9H8Cl2N2O/c10-3-4-14-8(5-12)7-1-2-9(11)13-6-7/h1-2,6,8H,3-4H2. The van der Waals surface area contributed by atoms with E-state index in [1.54, 1.807) is 12.1 Å². The van der Waals surface area contributed by atoms with Gasteiger partial charge in [-0.3, -0.25) is 0 Å². The van der Waals surface area contributed by atoms with E-state index in [0.717, 1.165) is 0 Å². The molecule has 0 aromatic carbocycles. The van der Waals surface area contributed by atoms with Crippen molar-refractivity contribution in [2.75, 3.05) is 12.5 Å². The van der Waals surface area contributed by atoms with E-state index in [1.165, 1.54) is 6.20 Å². The first kappa shape index (κ1) is 11.3. The molecule has 1 rings (SSSR count). The molecule has 0 aliphatic heterocycles. The number of hydrogen-bond acceptors (Lipinski definition) is 3. The Hall–Kier alpha value is -0.820. The van der Waals surface area contributed by atoms with Crippen molar-refractivity contribution in [1.82, 2.24) is 4.98 Å². The molecule has 1 aromatic heterocycles. The number of rotatable bonds is 4. The molecule has 0 fully saturated rings. The van der Waals surface area contributed by atoms with Crippen molar-refractivity contribution in [2.24, 2.45) is 0 Å². The maximum atomic E-state index is 8.80. The SMILES string of the molecule is N#CC(OCCCl)c1ccc(Cl)nc1. The van der Waals surface area contributed by atoms with Crippen LogP contribution < -0.4 is 0 Å². The number of ether oxygens (including phenoxy) is 1. The molecular weight excluding hydrogens is 223 g/mol. The Bertz CT molecular complexity index is 321. The number of aromatic nitrogens is 1. The summed E-state index contributed by atoms with van der Waals surface area (Å²) in [7, 11) is 0. The van der Waals surface area contributed by atoms with Crippen molar-refractivity contribution in [3.8, 4) is 6.07 Å². The van der Waals surface area contributed by atoms with Crippen molar-refractivity contribution in [1.29, 1.82) is 5.26 Å². The molecule has 74 valence electrons. The number of halogens is 2. The first-order valence-electron chi connectivity index (χ1n) is 3.96. The van der Waals surface area contributed by atoms with Gasteiger partial charge in [-0.1, -0.05) is 17.7 Å². The third-order valence-corrected chi connectivity index (χ3v) is 1.91. The van der Waals surface area contributed by atoms with Crippen LogP contribution in [0, 0.1) is 11.3 Å². The Morgan fingerprint density at radius 3 is 2.86 bits per heavy atom. The van der Waals surface area contributed by atoms with Crippen molar-refractivity contribution >= 4 is 23.2 Å². The van der Waals surface area contributed by atoms with Gasteiger partial charge in [0.25, 0.3) is 0 Å². The maximum Gasteiger partial charge on any atom is 0.170 e. The Labute approximate surface area is 92.2 Å². The molecule has 0 amide bonds. The van der Waals surface area contributed by atoms with E-state index in [9.17, 15) is 0 Å². The second-order valence-corrected chi connectivity index (χ2v) is 3.25. The van der Waals surface area contributed by atoms with Gasteiger partial charge in [0.1, 0.15) is 5.15 Å². The molecule has 1 aromatic rings. The van der Waals surface area contributed by atoms with Crippen LogP contribution in [0.1, 0.15) is 11.7 Å². The summed E-state index contributed by atoms with van der Waals surface area (Å²) in [6.45, 7) is 0.336. The fraction of sp³-hybridized carbons (Fsp3) is 0.333. The highest BCUT2D eigenvalue weighted by molar-refractivity contribution is 6.29. The fourth-order valence-corrected chi connectivity index (χ4v) is 1.11. The lowest BCUT2D eigenvalue weighted by atomic mass is 10.2. The maximum absolute atomic E-state index is 8.80. The van der Waals surface area contributed by atoms with Gasteiger partial charge in [0.15, 0.2) is 6.10 Å². The molecule has 14 heavy (non-hydrogen) atoms. The molecule has 0 bridgehead atoms. The lowest BCUT2D eigenvalue weighted by molar-refractivity contribution is 0.103. The van der Waals surface area contributed by atoms with Crippen LogP contribution in [0.5, 0.6) is 0 Å². The second-order valence-electron chi connectivity index (χ2n) is 2.48. The molecule has 1 unspecified atom stereocenters. The molecule has 1 heterocycles. The zero-order valence-electron chi connectivity index (χ0n) is 7.28. The minimum atomic E-state index is -0.626. The van der Waals surface area contributed by atoms with Gasteiger partial charge in [0, 0.05) is 17.6 Å². The van der Waals surface area contributed by atoms with E-state index in [1.807, 2.05) is 6.07 Å². The van der Waals surface area contributed by atoms with Crippen molar-refractivity contribution in [2.45, 2.75) is 6.10 Å². The summed E-state index contributed by atoms with van der Waals surface area (Å²) in [6.07, 6.45) is 0.892. The van der Waals surface area contributed by atoms with Gasteiger partial charge < -0.3 is 4.74 Å². The Morgan fingerprint density at radius 1 is 1.57 bits per heavy atom. The summed E-state index contributed by atoms with van der Waals surface area (Å²) in [4.78, 5) is 3.86. The average molecular weight is 231 g/mol. The highest BCUT2D eigenvalue weighted by Gasteiger charge is 2.10. The lowest BCUT2D eigenvalue weighted by Gasteiger charge is -2.08. The summed E-state index contributed by atoms with van der Waals surface area (Å²) in [5.74, 6) is 0.360. The molecule has 1 atom stereocenters. The molecule has 5 heteroatoms. The predicted molar refractivity (Wildman–Crippen MR) is 54.3 cm³/mol. The first-order chi connectivity index (χ1) is 6.77. The van der Waals surface area contributed by atoms with Gasteiger partial charge in [-0.2, -0.15) is 5.26 Å². The quantitative estimate of drug-likeness (QED) is 0.590. The summed E-state index contributed by atoms with van der Waals surface area (Å²) >= 11 is 11.1. The molecule has 0 N–H and O–H groups in total. The van der Waals surface area contributed by atoms with Crippen LogP contribution in [0.2, 0.25) is 5.15 Å². The second kappa shape index (κ2) is 5.82. The monoisotopic (exact) mass is 230 g/mol. The molecule has 0 spiro atoms. The summed E-state index contributed by atoms with van der Waals surface area (Å²) in [5, 5.41) is 9.19. The number of nitriles is 1. The number of alkyl halides is 1. The van der Waals surface area contributed by atoms with Gasteiger partial charge in [0.2, 0.25) is 0 Å². The highest BCUT2D eigenvalue weighted by atomic mass is 35.5. The van der Waals surface area contributed by atoms with E-state index in [2.05, 4.69) is 4.98 Å². The van der Waals surface area contributed by atoms with Crippen LogP contribution in [-0.4, -0.2) is 17.5 Å². The first-order valence-corrected chi connectivity index (χ1v) is 4.88. The molecule has 0 saturated heterocycles. The summed E-state index contributed by atoms with van der Waals surface area (Å²) in [5.41, 5.74) is 0.682. The molecule has 0 saturated carbocycles. The van der Waals surface area contributed by atoms with Gasteiger partial charge in [-0.05, 0) is 6.07 Å². The number of pyridine rings is 1. The van der Waals surface area contributed by atoms with Crippen LogP contribution in [0.3, 0.4) is 0 Å². The van der Waals surface area contributed by atoms with Gasteiger partial charge in [0.05, 0.1) is 12.7 Å². The van der Waals surface area contributed by atoms with Gasteiger partial charge in [-0.25, -0.2) is 4.98 Å². The Morgan fingerprint density at radius 2 is 2.36 bits per heavy atom. The average Bonchev–Trinajstić information content (AvgIpc) is 2.21. The van der Waals surface area contributed by atoms with E-state index in [-0.39, 0.29) is 0 Å². The van der Waals surface area contributed by atoms with Crippen molar-refractivity contribution in [3.63, 3.8) is 0 Å². The Kier molecular flexibility index (Phi) is 4.68. The summed E-state index contributed by atoms with van der Waals surface area (Å²) in [6, 6.07) is 5.33. The Balaban J connectivity index is 2.70. The molecular formula is C9H8Cl2N2O. The molecule has 0 aliphatic carbocycles. The van der Waals surface area contributed by atoms with E-state index in [4.69, 9.17) is 33.2 Å².